The predicted molar refractivity (Wildman–Crippen MR) is 90.1 cm³/mol. The molecule has 1 saturated heterocycles. The second kappa shape index (κ2) is 8.04. The molecule has 1 amide bonds. The molecule has 0 radical (unpaired) electrons. The van der Waals surface area contributed by atoms with Crippen LogP contribution in [0.5, 0.6) is 0 Å². The number of hydrogen-bond acceptors (Lipinski definition) is 6. The first-order valence-corrected chi connectivity index (χ1v) is 10.3. The number of sulfonamides is 1. The third kappa shape index (κ3) is 4.52. The van der Waals surface area contributed by atoms with E-state index < -0.39 is 21.9 Å². The van der Waals surface area contributed by atoms with Gasteiger partial charge in [-0.1, -0.05) is 6.92 Å². The highest BCUT2D eigenvalue weighted by Crippen LogP contribution is 2.16. The Hall–Kier alpha value is -1.52. The first-order valence-electron chi connectivity index (χ1n) is 7.55. The molecule has 1 aliphatic heterocycles. The zero-order valence-corrected chi connectivity index (χ0v) is 14.9. The van der Waals surface area contributed by atoms with Gasteiger partial charge in [0.2, 0.25) is 10.0 Å². The molecule has 24 heavy (non-hydrogen) atoms. The summed E-state index contributed by atoms with van der Waals surface area (Å²) in [6.45, 7) is 2.63. The van der Waals surface area contributed by atoms with Gasteiger partial charge < -0.3 is 14.8 Å². The van der Waals surface area contributed by atoms with Gasteiger partial charge >= 0.3 is 5.97 Å². The number of rotatable bonds is 7. The number of carbonyl (C=O) groups excluding carboxylic acids is 1. The average Bonchev–Trinajstić information content (AvgIpc) is 3.00. The molecule has 2 heterocycles. The molecule has 0 unspecified atom stereocenters. The maximum absolute atomic E-state index is 12.2. The fourth-order valence-electron chi connectivity index (χ4n) is 2.32. The molecule has 2 N–H and O–H groups in total. The highest BCUT2D eigenvalue weighted by molar-refractivity contribution is 7.99. The Morgan fingerprint density at radius 2 is 2.04 bits per heavy atom. The Morgan fingerprint density at radius 1 is 1.38 bits per heavy atom. The molecule has 1 aromatic heterocycles. The van der Waals surface area contributed by atoms with Gasteiger partial charge in [0, 0.05) is 43.6 Å². The summed E-state index contributed by atoms with van der Waals surface area (Å²) < 4.78 is 31.0. The fourth-order valence-corrected chi connectivity index (χ4v) is 4.81. The Balaban J connectivity index is 1.92. The zero-order valence-electron chi connectivity index (χ0n) is 13.3. The van der Waals surface area contributed by atoms with Crippen molar-refractivity contribution in [3.05, 3.63) is 23.2 Å². The van der Waals surface area contributed by atoms with Crippen LogP contribution in [-0.4, -0.2) is 66.6 Å². The summed E-state index contributed by atoms with van der Waals surface area (Å²) in [5, 5.41) is 11.5. The summed E-state index contributed by atoms with van der Waals surface area (Å²) in [5.74, 6) is -0.355. The minimum absolute atomic E-state index is 0.0545. The van der Waals surface area contributed by atoms with Crippen LogP contribution in [0, 0.1) is 0 Å². The minimum Gasteiger partial charge on any atom is -0.478 e. The lowest BCUT2D eigenvalue weighted by Gasteiger charge is -2.25. The molecule has 0 bridgehead atoms. The molecule has 1 aliphatic rings. The summed E-state index contributed by atoms with van der Waals surface area (Å²) in [4.78, 5) is 23.1. The summed E-state index contributed by atoms with van der Waals surface area (Å²) in [6, 6.07) is 1.16. The van der Waals surface area contributed by atoms with Crippen molar-refractivity contribution in [2.45, 2.75) is 13.3 Å². The Labute approximate surface area is 144 Å². The number of aryl methyl sites for hydroxylation is 1. The molecule has 134 valence electrons. The van der Waals surface area contributed by atoms with Gasteiger partial charge in [0.25, 0.3) is 5.91 Å². The normalized spacial score (nSPS) is 16.0. The largest absolute Gasteiger partial charge is 0.478 e. The van der Waals surface area contributed by atoms with Gasteiger partial charge in [-0.25, -0.2) is 17.5 Å². The number of amides is 1. The van der Waals surface area contributed by atoms with Gasteiger partial charge in [-0.05, 0) is 0 Å². The molecule has 0 saturated carbocycles. The quantitative estimate of drug-likeness (QED) is 0.717. The summed E-state index contributed by atoms with van der Waals surface area (Å²) >= 11 is 1.71. The average molecular weight is 376 g/mol. The molecular weight excluding hydrogens is 356 g/mol. The third-order valence-corrected chi connectivity index (χ3v) is 6.41. The van der Waals surface area contributed by atoms with E-state index in [0.29, 0.717) is 19.5 Å². The van der Waals surface area contributed by atoms with Gasteiger partial charge in [0.15, 0.2) is 5.76 Å². The number of carboxylic acid groups (broad SMARTS) is 1. The topological polar surface area (TPSA) is 117 Å². The number of aromatic carboxylic acids is 1. The number of carbonyl (C=O) groups is 2. The number of thioether (sulfide) groups is 1. The van der Waals surface area contributed by atoms with Crippen molar-refractivity contribution in [2.75, 3.05) is 36.9 Å². The molecule has 2 rings (SSSR count). The van der Waals surface area contributed by atoms with Gasteiger partial charge in [0.05, 0.1) is 5.75 Å². The molecule has 0 aromatic carbocycles. The van der Waals surface area contributed by atoms with Crippen LogP contribution in [0.15, 0.2) is 10.5 Å². The van der Waals surface area contributed by atoms with E-state index in [1.165, 1.54) is 4.31 Å². The van der Waals surface area contributed by atoms with Gasteiger partial charge in [-0.3, -0.25) is 4.79 Å². The monoisotopic (exact) mass is 376 g/mol. The van der Waals surface area contributed by atoms with E-state index in [-0.39, 0.29) is 29.4 Å². The third-order valence-electron chi connectivity index (χ3n) is 3.59. The van der Waals surface area contributed by atoms with Crippen molar-refractivity contribution in [3.63, 3.8) is 0 Å². The van der Waals surface area contributed by atoms with Crippen molar-refractivity contribution in [3.8, 4) is 0 Å². The van der Waals surface area contributed by atoms with Gasteiger partial charge in [0.1, 0.15) is 11.3 Å². The molecule has 10 heteroatoms. The van der Waals surface area contributed by atoms with Gasteiger partial charge in [-0.15, -0.1) is 0 Å². The molecule has 8 nitrogen and oxygen atoms in total. The van der Waals surface area contributed by atoms with Crippen molar-refractivity contribution >= 4 is 33.7 Å². The zero-order chi connectivity index (χ0) is 17.7. The van der Waals surface area contributed by atoms with Crippen molar-refractivity contribution in [1.29, 1.82) is 0 Å². The SMILES string of the molecule is CCc1oc(C(=O)NCCS(=O)(=O)N2CCSCC2)cc1C(=O)O. The van der Waals surface area contributed by atoms with Crippen LogP contribution in [0.3, 0.4) is 0 Å². The van der Waals surface area contributed by atoms with Crippen LogP contribution in [0.1, 0.15) is 33.6 Å². The molecular formula is C14H20N2O6S2. The van der Waals surface area contributed by atoms with E-state index in [4.69, 9.17) is 9.52 Å². The molecule has 1 aromatic rings. The van der Waals surface area contributed by atoms with Crippen LogP contribution in [0.25, 0.3) is 0 Å². The number of furan rings is 1. The lowest BCUT2D eigenvalue weighted by Crippen LogP contribution is -2.41. The fraction of sp³-hybridized carbons (Fsp3) is 0.571. The molecule has 0 aliphatic carbocycles. The lowest BCUT2D eigenvalue weighted by atomic mass is 10.2. The lowest BCUT2D eigenvalue weighted by molar-refractivity contribution is 0.0694. The van der Waals surface area contributed by atoms with Crippen molar-refractivity contribution < 1.29 is 27.5 Å². The van der Waals surface area contributed by atoms with Crippen molar-refractivity contribution in [1.82, 2.24) is 9.62 Å². The maximum Gasteiger partial charge on any atom is 0.339 e. The predicted octanol–water partition coefficient (Wildman–Crippen LogP) is 0.649. The standard InChI is InChI=1S/C14H20N2O6S2/c1-2-11-10(14(18)19)9-12(22-11)13(17)15-3-8-24(20,21)16-4-6-23-7-5-16/h9H,2-8H2,1H3,(H,15,17)(H,18,19). The number of nitrogens with one attached hydrogen (secondary N) is 1. The Kier molecular flexibility index (Phi) is 6.30. The smallest absolute Gasteiger partial charge is 0.339 e. The van der Waals surface area contributed by atoms with E-state index in [2.05, 4.69) is 5.32 Å². The van der Waals surface area contributed by atoms with E-state index in [1.807, 2.05) is 0 Å². The summed E-state index contributed by atoms with van der Waals surface area (Å²) in [6.07, 6.45) is 0.344. The Bertz CT molecular complexity index is 707. The maximum atomic E-state index is 12.2. The second-order valence-electron chi connectivity index (χ2n) is 5.19. The van der Waals surface area contributed by atoms with E-state index in [0.717, 1.165) is 17.6 Å². The van der Waals surface area contributed by atoms with Crippen LogP contribution >= 0.6 is 11.8 Å². The summed E-state index contributed by atoms with van der Waals surface area (Å²) in [5.41, 5.74) is -0.0545. The number of hydrogen-bond donors (Lipinski definition) is 2. The van der Waals surface area contributed by atoms with Gasteiger partial charge in [-0.2, -0.15) is 11.8 Å². The number of carboxylic acids is 1. The summed E-state index contributed by atoms with van der Waals surface area (Å²) in [7, 11) is -3.40. The molecule has 0 atom stereocenters. The second-order valence-corrected chi connectivity index (χ2v) is 8.50. The van der Waals surface area contributed by atoms with E-state index in [9.17, 15) is 18.0 Å². The number of nitrogens with zero attached hydrogens (tertiary/aromatic N) is 1. The van der Waals surface area contributed by atoms with Crippen LogP contribution in [0.4, 0.5) is 0 Å². The van der Waals surface area contributed by atoms with Crippen LogP contribution in [0.2, 0.25) is 0 Å². The molecule has 1 fully saturated rings. The minimum atomic E-state index is -3.40. The van der Waals surface area contributed by atoms with E-state index in [1.54, 1.807) is 18.7 Å². The van der Waals surface area contributed by atoms with Crippen LogP contribution in [-0.2, 0) is 16.4 Å². The van der Waals surface area contributed by atoms with Crippen molar-refractivity contribution in [2.24, 2.45) is 0 Å². The first-order chi connectivity index (χ1) is 11.3. The van der Waals surface area contributed by atoms with Crippen LogP contribution < -0.4 is 5.32 Å². The molecule has 0 spiro atoms. The first kappa shape index (κ1) is 18.8. The van der Waals surface area contributed by atoms with E-state index >= 15 is 0 Å². The highest BCUT2D eigenvalue weighted by atomic mass is 32.2. The Morgan fingerprint density at radius 3 is 2.58 bits per heavy atom. The highest BCUT2D eigenvalue weighted by Gasteiger charge is 2.24.